The summed E-state index contributed by atoms with van der Waals surface area (Å²) in [6.45, 7) is 2.52. The van der Waals surface area contributed by atoms with Gasteiger partial charge in [-0.05, 0) is 43.6 Å². The molecule has 5 nitrogen and oxygen atoms in total. The first kappa shape index (κ1) is 16.4. The maximum absolute atomic E-state index is 12.8. The van der Waals surface area contributed by atoms with Crippen LogP contribution in [0.3, 0.4) is 0 Å². The predicted molar refractivity (Wildman–Crippen MR) is 78.9 cm³/mol. The minimum atomic E-state index is -3.42. The van der Waals surface area contributed by atoms with E-state index in [2.05, 4.69) is 10.0 Å². The average molecular weight is 316 g/mol. The molecule has 1 saturated heterocycles. The number of halogens is 1. The van der Waals surface area contributed by atoms with Crippen molar-refractivity contribution < 1.29 is 17.5 Å². The van der Waals surface area contributed by atoms with Gasteiger partial charge in [0, 0.05) is 6.54 Å². The fourth-order valence-electron chi connectivity index (χ4n) is 2.24. The molecule has 7 heteroatoms. The highest BCUT2D eigenvalue weighted by molar-refractivity contribution is 7.88. The van der Waals surface area contributed by atoms with Gasteiger partial charge in [0.05, 0.1) is 18.5 Å². The highest BCUT2D eigenvalue weighted by Gasteiger charge is 2.14. The van der Waals surface area contributed by atoms with Gasteiger partial charge in [0.1, 0.15) is 5.82 Å². The summed E-state index contributed by atoms with van der Waals surface area (Å²) < 4.78 is 44.6. The molecule has 0 spiro atoms. The number of hydrogen-bond donors (Lipinski definition) is 2. The number of benzene rings is 1. The summed E-state index contributed by atoms with van der Waals surface area (Å²) >= 11 is 0. The molecule has 2 rings (SSSR count). The van der Waals surface area contributed by atoms with Gasteiger partial charge in [-0.1, -0.05) is 12.1 Å². The fourth-order valence-corrected chi connectivity index (χ4v) is 3.36. The predicted octanol–water partition coefficient (Wildman–Crippen LogP) is 1.01. The Morgan fingerprint density at radius 1 is 1.24 bits per heavy atom. The van der Waals surface area contributed by atoms with Gasteiger partial charge in [0.2, 0.25) is 10.0 Å². The zero-order valence-electron chi connectivity index (χ0n) is 11.8. The largest absolute Gasteiger partial charge is 0.377 e. The summed E-state index contributed by atoms with van der Waals surface area (Å²) in [6, 6.07) is 5.45. The van der Waals surface area contributed by atoms with Crippen molar-refractivity contribution in [1.29, 1.82) is 0 Å². The van der Waals surface area contributed by atoms with Crippen LogP contribution >= 0.6 is 0 Å². The Labute approximate surface area is 124 Å². The van der Waals surface area contributed by atoms with Crippen molar-refractivity contribution in [3.05, 3.63) is 35.6 Å². The molecule has 0 atom stereocenters. The van der Waals surface area contributed by atoms with Crippen LogP contribution in [-0.4, -0.2) is 40.8 Å². The summed E-state index contributed by atoms with van der Waals surface area (Å²) in [6.07, 6.45) is 2.14. The van der Waals surface area contributed by atoms with E-state index in [1.165, 1.54) is 24.3 Å². The molecule has 21 heavy (non-hydrogen) atoms. The summed E-state index contributed by atoms with van der Waals surface area (Å²) in [5.74, 6) is -0.528. The topological polar surface area (TPSA) is 67.4 Å². The quantitative estimate of drug-likeness (QED) is 0.737. The second kappa shape index (κ2) is 7.84. The lowest BCUT2D eigenvalue weighted by molar-refractivity contribution is 0.0366. The second-order valence-electron chi connectivity index (χ2n) is 5.10. The van der Waals surface area contributed by atoms with Gasteiger partial charge in [-0.15, -0.1) is 0 Å². The minimum Gasteiger partial charge on any atom is -0.377 e. The molecule has 1 aliphatic heterocycles. The first-order valence-electron chi connectivity index (χ1n) is 7.09. The Morgan fingerprint density at radius 3 is 2.57 bits per heavy atom. The third-order valence-electron chi connectivity index (χ3n) is 3.33. The van der Waals surface area contributed by atoms with Gasteiger partial charge >= 0.3 is 0 Å². The third-order valence-corrected chi connectivity index (χ3v) is 4.69. The Kier molecular flexibility index (Phi) is 6.10. The van der Waals surface area contributed by atoms with Crippen LogP contribution in [0.2, 0.25) is 0 Å². The molecular formula is C14H21FN2O3S. The SMILES string of the molecule is O=S(=O)(Cc1ccc(F)cc1)NCCOC1CCNCC1. The van der Waals surface area contributed by atoms with Gasteiger partial charge in [-0.25, -0.2) is 17.5 Å². The van der Waals surface area contributed by atoms with E-state index in [0.29, 0.717) is 12.2 Å². The molecule has 0 aliphatic carbocycles. The number of nitrogens with one attached hydrogen (secondary N) is 2. The molecule has 2 N–H and O–H groups in total. The maximum atomic E-state index is 12.8. The van der Waals surface area contributed by atoms with Crippen molar-refractivity contribution in [2.24, 2.45) is 0 Å². The Bertz CT molecular complexity index is 528. The molecule has 0 radical (unpaired) electrons. The van der Waals surface area contributed by atoms with E-state index in [0.717, 1.165) is 25.9 Å². The lowest BCUT2D eigenvalue weighted by Gasteiger charge is -2.22. The van der Waals surface area contributed by atoms with E-state index < -0.39 is 10.0 Å². The van der Waals surface area contributed by atoms with Crippen molar-refractivity contribution in [3.63, 3.8) is 0 Å². The molecule has 1 aromatic carbocycles. The van der Waals surface area contributed by atoms with Crippen molar-refractivity contribution in [3.8, 4) is 0 Å². The molecule has 0 bridgehead atoms. The number of rotatable bonds is 7. The van der Waals surface area contributed by atoms with E-state index in [1.807, 2.05) is 0 Å². The standard InChI is InChI=1S/C14H21FN2O3S/c15-13-3-1-12(2-4-13)11-21(18,19)17-9-10-20-14-5-7-16-8-6-14/h1-4,14,16-17H,5-11H2. The van der Waals surface area contributed by atoms with E-state index in [1.54, 1.807) is 0 Å². The van der Waals surface area contributed by atoms with Crippen LogP contribution in [0, 0.1) is 5.82 Å². The van der Waals surface area contributed by atoms with Crippen LogP contribution in [0.1, 0.15) is 18.4 Å². The van der Waals surface area contributed by atoms with E-state index in [-0.39, 0.29) is 24.2 Å². The van der Waals surface area contributed by atoms with Crippen LogP contribution in [0.25, 0.3) is 0 Å². The molecule has 0 amide bonds. The summed E-state index contributed by atoms with van der Waals surface area (Å²) in [4.78, 5) is 0. The monoisotopic (exact) mass is 316 g/mol. The molecule has 0 saturated carbocycles. The lowest BCUT2D eigenvalue weighted by Crippen LogP contribution is -2.35. The Hall–Kier alpha value is -1.02. The van der Waals surface area contributed by atoms with E-state index >= 15 is 0 Å². The van der Waals surface area contributed by atoms with Crippen LogP contribution < -0.4 is 10.0 Å². The summed E-state index contributed by atoms with van der Waals surface area (Å²) in [5, 5.41) is 3.24. The van der Waals surface area contributed by atoms with Gasteiger partial charge < -0.3 is 10.1 Å². The molecule has 1 heterocycles. The van der Waals surface area contributed by atoms with Crippen molar-refractivity contribution in [2.45, 2.75) is 24.7 Å². The highest BCUT2D eigenvalue weighted by Crippen LogP contribution is 2.08. The minimum absolute atomic E-state index is 0.152. The Morgan fingerprint density at radius 2 is 1.90 bits per heavy atom. The Balaban J connectivity index is 1.69. The van der Waals surface area contributed by atoms with Crippen molar-refractivity contribution in [2.75, 3.05) is 26.2 Å². The number of piperidine rings is 1. The second-order valence-corrected chi connectivity index (χ2v) is 6.91. The van der Waals surface area contributed by atoms with E-state index in [9.17, 15) is 12.8 Å². The molecular weight excluding hydrogens is 295 g/mol. The van der Waals surface area contributed by atoms with Crippen LogP contribution in [-0.2, 0) is 20.5 Å². The first-order valence-corrected chi connectivity index (χ1v) is 8.74. The van der Waals surface area contributed by atoms with Crippen LogP contribution in [0.5, 0.6) is 0 Å². The van der Waals surface area contributed by atoms with Gasteiger partial charge in [0.15, 0.2) is 0 Å². The molecule has 118 valence electrons. The highest BCUT2D eigenvalue weighted by atomic mass is 32.2. The molecule has 1 aromatic rings. The molecule has 0 aromatic heterocycles. The number of hydrogen-bond acceptors (Lipinski definition) is 4. The number of ether oxygens (including phenoxy) is 1. The molecule has 1 fully saturated rings. The van der Waals surface area contributed by atoms with Crippen LogP contribution in [0.15, 0.2) is 24.3 Å². The average Bonchev–Trinajstić information content (AvgIpc) is 2.47. The zero-order valence-corrected chi connectivity index (χ0v) is 12.7. The van der Waals surface area contributed by atoms with Gasteiger partial charge in [-0.3, -0.25) is 0 Å². The lowest BCUT2D eigenvalue weighted by atomic mass is 10.1. The maximum Gasteiger partial charge on any atom is 0.215 e. The number of sulfonamides is 1. The van der Waals surface area contributed by atoms with Crippen molar-refractivity contribution in [1.82, 2.24) is 10.0 Å². The van der Waals surface area contributed by atoms with Crippen molar-refractivity contribution >= 4 is 10.0 Å². The molecule has 1 aliphatic rings. The van der Waals surface area contributed by atoms with Gasteiger partial charge in [0.25, 0.3) is 0 Å². The normalized spacial score (nSPS) is 17.0. The summed E-state index contributed by atoms with van der Waals surface area (Å²) in [7, 11) is -3.42. The van der Waals surface area contributed by atoms with Gasteiger partial charge in [-0.2, -0.15) is 0 Å². The smallest absolute Gasteiger partial charge is 0.215 e. The van der Waals surface area contributed by atoms with E-state index in [4.69, 9.17) is 4.74 Å². The molecule has 0 unspecified atom stereocenters. The fraction of sp³-hybridized carbons (Fsp3) is 0.571. The first-order chi connectivity index (χ1) is 10.1. The summed E-state index contributed by atoms with van der Waals surface area (Å²) in [5.41, 5.74) is 0.558. The third kappa shape index (κ3) is 6.09. The zero-order chi connectivity index (χ0) is 15.1. The van der Waals surface area contributed by atoms with Crippen LogP contribution in [0.4, 0.5) is 4.39 Å².